The zero-order valence-corrected chi connectivity index (χ0v) is 12.1. The predicted molar refractivity (Wildman–Crippen MR) is 75.1 cm³/mol. The van der Waals surface area contributed by atoms with Gasteiger partial charge in [-0.25, -0.2) is 0 Å². The van der Waals surface area contributed by atoms with E-state index < -0.39 is 0 Å². The van der Waals surface area contributed by atoms with Crippen LogP contribution in [0.3, 0.4) is 0 Å². The molecule has 0 saturated carbocycles. The van der Waals surface area contributed by atoms with Crippen LogP contribution >= 0.6 is 11.3 Å². The van der Waals surface area contributed by atoms with Crippen LogP contribution in [-0.2, 0) is 6.42 Å². The molecule has 0 amide bonds. The van der Waals surface area contributed by atoms with E-state index in [0.717, 1.165) is 23.8 Å². The summed E-state index contributed by atoms with van der Waals surface area (Å²) in [6.07, 6.45) is 3.52. The van der Waals surface area contributed by atoms with Crippen LogP contribution in [0.5, 0.6) is 0 Å². The maximum Gasteiger partial charge on any atom is 0.169 e. The molecule has 1 atom stereocenters. The highest BCUT2D eigenvalue weighted by Crippen LogP contribution is 2.25. The number of carbonyl (C=O) groups is 1. The quantitative estimate of drug-likeness (QED) is 0.754. The third-order valence-electron chi connectivity index (χ3n) is 3.22. The van der Waals surface area contributed by atoms with Gasteiger partial charge in [-0.2, -0.15) is 0 Å². The Bertz CT molecular complexity index is 370. The first kappa shape index (κ1) is 14.4. The van der Waals surface area contributed by atoms with E-state index in [0.29, 0.717) is 0 Å². The van der Waals surface area contributed by atoms with Crippen molar-refractivity contribution in [2.75, 3.05) is 13.6 Å². The average Bonchev–Trinajstić information content (AvgIpc) is 2.66. The maximum atomic E-state index is 11.3. The molecule has 1 N–H and O–H groups in total. The monoisotopic (exact) mass is 253 g/mol. The molecule has 0 saturated heterocycles. The lowest BCUT2D eigenvalue weighted by atomic mass is 9.99. The first-order chi connectivity index (χ1) is 8.08. The van der Waals surface area contributed by atoms with Crippen LogP contribution in [0.4, 0.5) is 0 Å². The lowest BCUT2D eigenvalue weighted by Gasteiger charge is -2.13. The minimum Gasteiger partial charge on any atom is -0.319 e. The van der Waals surface area contributed by atoms with Crippen LogP contribution in [0, 0.1) is 12.8 Å². The first-order valence-corrected chi connectivity index (χ1v) is 7.15. The van der Waals surface area contributed by atoms with Gasteiger partial charge in [0, 0.05) is 4.88 Å². The smallest absolute Gasteiger partial charge is 0.169 e. The third kappa shape index (κ3) is 4.25. The van der Waals surface area contributed by atoms with Gasteiger partial charge >= 0.3 is 0 Å². The average molecular weight is 253 g/mol. The lowest BCUT2D eigenvalue weighted by molar-refractivity contribution is 0.102. The van der Waals surface area contributed by atoms with Crippen molar-refractivity contribution in [2.24, 2.45) is 5.92 Å². The van der Waals surface area contributed by atoms with Crippen LogP contribution in [0.2, 0.25) is 0 Å². The minimum absolute atomic E-state index is 0.187. The molecule has 17 heavy (non-hydrogen) atoms. The Hall–Kier alpha value is -0.670. The molecule has 96 valence electrons. The van der Waals surface area contributed by atoms with Crippen molar-refractivity contribution < 1.29 is 4.79 Å². The van der Waals surface area contributed by atoms with Gasteiger partial charge in [-0.1, -0.05) is 13.3 Å². The first-order valence-electron chi connectivity index (χ1n) is 6.33. The SMILES string of the molecule is CCC(CCc1sc(C(C)=O)cc1C)CNC. The van der Waals surface area contributed by atoms with Gasteiger partial charge in [-0.15, -0.1) is 11.3 Å². The maximum absolute atomic E-state index is 11.3. The zero-order valence-electron chi connectivity index (χ0n) is 11.3. The molecule has 0 aliphatic rings. The fourth-order valence-corrected chi connectivity index (χ4v) is 3.10. The summed E-state index contributed by atoms with van der Waals surface area (Å²) in [6.45, 7) is 7.08. The number of hydrogen-bond donors (Lipinski definition) is 1. The molecule has 0 aromatic carbocycles. The normalized spacial score (nSPS) is 12.7. The highest BCUT2D eigenvalue weighted by Gasteiger charge is 2.11. The molecule has 1 aromatic rings. The number of rotatable bonds is 7. The summed E-state index contributed by atoms with van der Waals surface area (Å²) >= 11 is 1.67. The Kier molecular flexibility index (Phi) is 5.86. The molecule has 2 nitrogen and oxygen atoms in total. The van der Waals surface area contributed by atoms with Gasteiger partial charge in [-0.3, -0.25) is 4.79 Å². The Labute approximate surface area is 108 Å². The summed E-state index contributed by atoms with van der Waals surface area (Å²) in [7, 11) is 2.01. The van der Waals surface area contributed by atoms with Crippen molar-refractivity contribution in [2.45, 2.75) is 40.0 Å². The number of aryl methyl sites for hydroxylation is 2. The van der Waals surface area contributed by atoms with Crippen LogP contribution in [0.25, 0.3) is 0 Å². The highest BCUT2D eigenvalue weighted by atomic mass is 32.1. The highest BCUT2D eigenvalue weighted by molar-refractivity contribution is 7.14. The molecule has 1 heterocycles. The van der Waals surface area contributed by atoms with Gasteiger partial charge < -0.3 is 5.32 Å². The number of hydrogen-bond acceptors (Lipinski definition) is 3. The molecular formula is C14H23NOS. The molecule has 0 aliphatic heterocycles. The lowest BCUT2D eigenvalue weighted by Crippen LogP contribution is -2.18. The van der Waals surface area contributed by atoms with Gasteiger partial charge in [0.2, 0.25) is 0 Å². The van der Waals surface area contributed by atoms with E-state index in [1.54, 1.807) is 18.3 Å². The van der Waals surface area contributed by atoms with Gasteiger partial charge in [0.15, 0.2) is 5.78 Å². The van der Waals surface area contributed by atoms with Gasteiger partial charge in [0.25, 0.3) is 0 Å². The van der Waals surface area contributed by atoms with E-state index in [9.17, 15) is 4.79 Å². The summed E-state index contributed by atoms with van der Waals surface area (Å²) < 4.78 is 0. The Morgan fingerprint density at radius 1 is 1.53 bits per heavy atom. The molecule has 3 heteroatoms. The van der Waals surface area contributed by atoms with Gasteiger partial charge in [0.1, 0.15) is 0 Å². The standard InChI is InChI=1S/C14H23NOS/c1-5-12(9-15-4)6-7-13-10(2)8-14(17-13)11(3)16/h8,12,15H,5-7,9H2,1-4H3. The number of thiophene rings is 1. The second-order valence-corrected chi connectivity index (χ2v) is 5.78. The van der Waals surface area contributed by atoms with Crippen molar-refractivity contribution in [1.29, 1.82) is 0 Å². The van der Waals surface area contributed by atoms with E-state index in [4.69, 9.17) is 0 Å². The third-order valence-corrected chi connectivity index (χ3v) is 4.62. The molecule has 1 unspecified atom stereocenters. The van der Waals surface area contributed by atoms with E-state index in [-0.39, 0.29) is 5.78 Å². The molecule has 0 fully saturated rings. The summed E-state index contributed by atoms with van der Waals surface area (Å²) in [6, 6.07) is 2.03. The number of Topliss-reactive ketones (excluding diaryl/α,β-unsaturated/α-hetero) is 1. The predicted octanol–water partition coefficient (Wildman–Crippen LogP) is 3.44. The number of ketones is 1. The molecule has 1 rings (SSSR count). The summed E-state index contributed by atoms with van der Waals surface area (Å²) in [5.74, 6) is 0.925. The van der Waals surface area contributed by atoms with Crippen molar-refractivity contribution in [3.8, 4) is 0 Å². The summed E-state index contributed by atoms with van der Waals surface area (Å²) in [5.41, 5.74) is 1.28. The van der Waals surface area contributed by atoms with Gasteiger partial charge in [-0.05, 0) is 57.8 Å². The molecule has 0 radical (unpaired) electrons. The fraction of sp³-hybridized carbons (Fsp3) is 0.643. The largest absolute Gasteiger partial charge is 0.319 e. The molecule has 0 aliphatic carbocycles. The van der Waals surface area contributed by atoms with E-state index >= 15 is 0 Å². The van der Waals surface area contributed by atoms with Gasteiger partial charge in [0.05, 0.1) is 4.88 Å². The minimum atomic E-state index is 0.187. The van der Waals surface area contributed by atoms with E-state index in [2.05, 4.69) is 19.2 Å². The number of nitrogens with one attached hydrogen (secondary N) is 1. The Morgan fingerprint density at radius 3 is 2.71 bits per heavy atom. The van der Waals surface area contributed by atoms with Crippen LogP contribution < -0.4 is 5.32 Å². The second kappa shape index (κ2) is 6.92. The van der Waals surface area contributed by atoms with Crippen LogP contribution in [0.15, 0.2) is 6.07 Å². The van der Waals surface area contributed by atoms with E-state index in [1.165, 1.54) is 23.3 Å². The van der Waals surface area contributed by atoms with Crippen molar-refractivity contribution in [3.05, 3.63) is 21.4 Å². The van der Waals surface area contributed by atoms with Crippen LogP contribution in [0.1, 0.15) is 46.8 Å². The summed E-state index contributed by atoms with van der Waals surface area (Å²) in [5, 5.41) is 3.24. The Balaban J connectivity index is 2.59. The second-order valence-electron chi connectivity index (χ2n) is 4.64. The van der Waals surface area contributed by atoms with Crippen molar-refractivity contribution in [3.63, 3.8) is 0 Å². The van der Waals surface area contributed by atoms with Crippen molar-refractivity contribution in [1.82, 2.24) is 5.32 Å². The van der Waals surface area contributed by atoms with E-state index in [1.807, 2.05) is 13.1 Å². The summed E-state index contributed by atoms with van der Waals surface area (Å²) in [4.78, 5) is 13.6. The Morgan fingerprint density at radius 2 is 2.24 bits per heavy atom. The van der Waals surface area contributed by atoms with Crippen LogP contribution in [-0.4, -0.2) is 19.4 Å². The molecular weight excluding hydrogens is 230 g/mol. The molecule has 0 spiro atoms. The molecule has 0 bridgehead atoms. The fourth-order valence-electron chi connectivity index (χ4n) is 2.02. The van der Waals surface area contributed by atoms with Crippen molar-refractivity contribution >= 4 is 17.1 Å². The zero-order chi connectivity index (χ0) is 12.8. The molecule has 1 aromatic heterocycles. The number of carbonyl (C=O) groups excluding carboxylic acids is 1. The topological polar surface area (TPSA) is 29.1 Å².